The van der Waals surface area contributed by atoms with E-state index in [0.29, 0.717) is 4.68 Å². The average molecular weight is 405 g/mol. The third kappa shape index (κ3) is 3.93. The number of hydrogen-bond donors (Lipinski definition) is 1. The highest BCUT2D eigenvalue weighted by molar-refractivity contribution is 6.39. The van der Waals surface area contributed by atoms with Gasteiger partial charge in [-0.25, -0.2) is 17.6 Å². The van der Waals surface area contributed by atoms with E-state index in [1.807, 2.05) is 0 Å². The lowest BCUT2D eigenvalue weighted by Gasteiger charge is -2.10. The zero-order valence-electron chi connectivity index (χ0n) is 11.5. The largest absolute Gasteiger partial charge is 0.322 e. The molecule has 0 aliphatic carbocycles. The lowest BCUT2D eigenvalue weighted by Crippen LogP contribution is -2.21. The predicted octanol–water partition coefficient (Wildman–Crippen LogP) is 5.36. The SMILES string of the molecule is O=C(Cn1nc(C(F)F)c(Cl)c1C(F)F)Nc1c(Cl)cccc1Cl. The van der Waals surface area contributed by atoms with Gasteiger partial charge in [-0.05, 0) is 12.1 Å². The van der Waals surface area contributed by atoms with Crippen LogP contribution < -0.4 is 5.32 Å². The minimum absolute atomic E-state index is 0.0665. The Kier molecular flexibility index (Phi) is 5.95. The van der Waals surface area contributed by atoms with Gasteiger partial charge in [0.05, 0.1) is 20.8 Å². The van der Waals surface area contributed by atoms with Crippen molar-refractivity contribution in [2.45, 2.75) is 19.4 Å². The van der Waals surface area contributed by atoms with Crippen LogP contribution in [-0.4, -0.2) is 15.7 Å². The van der Waals surface area contributed by atoms with Gasteiger partial charge in [0.2, 0.25) is 5.91 Å². The van der Waals surface area contributed by atoms with Gasteiger partial charge in [0.15, 0.2) is 0 Å². The molecule has 1 amide bonds. The normalized spacial score (nSPS) is 11.4. The molecule has 1 N–H and O–H groups in total. The molecular weight excluding hydrogens is 397 g/mol. The van der Waals surface area contributed by atoms with E-state index < -0.39 is 41.7 Å². The van der Waals surface area contributed by atoms with Gasteiger partial charge in [-0.2, -0.15) is 5.10 Å². The molecule has 0 aliphatic heterocycles. The lowest BCUT2D eigenvalue weighted by molar-refractivity contribution is -0.117. The number of para-hydroxylation sites is 1. The summed E-state index contributed by atoms with van der Waals surface area (Å²) in [6, 6.07) is 4.44. The summed E-state index contributed by atoms with van der Waals surface area (Å²) in [6.45, 7) is -0.770. The molecule has 130 valence electrons. The molecule has 0 aliphatic rings. The molecule has 1 aromatic carbocycles. The van der Waals surface area contributed by atoms with E-state index in [9.17, 15) is 22.4 Å². The second-order valence-corrected chi connectivity index (χ2v) is 5.68. The van der Waals surface area contributed by atoms with E-state index in [1.54, 1.807) is 0 Å². The van der Waals surface area contributed by atoms with E-state index >= 15 is 0 Å². The molecule has 0 saturated carbocycles. The van der Waals surface area contributed by atoms with Crippen LogP contribution in [0.3, 0.4) is 0 Å². The van der Waals surface area contributed by atoms with Gasteiger partial charge in [-0.15, -0.1) is 0 Å². The van der Waals surface area contributed by atoms with Gasteiger partial charge in [-0.1, -0.05) is 40.9 Å². The predicted molar refractivity (Wildman–Crippen MR) is 82.2 cm³/mol. The van der Waals surface area contributed by atoms with Crippen molar-refractivity contribution in [2.24, 2.45) is 0 Å². The van der Waals surface area contributed by atoms with Crippen molar-refractivity contribution in [1.82, 2.24) is 9.78 Å². The summed E-state index contributed by atoms with van der Waals surface area (Å²) in [7, 11) is 0. The summed E-state index contributed by atoms with van der Waals surface area (Å²) < 4.78 is 51.9. The maximum absolute atomic E-state index is 13.0. The van der Waals surface area contributed by atoms with Crippen LogP contribution in [0.2, 0.25) is 15.1 Å². The molecule has 4 nitrogen and oxygen atoms in total. The van der Waals surface area contributed by atoms with E-state index in [4.69, 9.17) is 34.8 Å². The number of nitrogens with one attached hydrogen (secondary N) is 1. The molecular formula is C13H8Cl3F4N3O. The Hall–Kier alpha value is -1.51. The number of amides is 1. The molecule has 0 fully saturated rings. The quantitative estimate of drug-likeness (QED) is 0.682. The molecule has 0 spiro atoms. The number of halogens is 7. The molecule has 2 rings (SSSR count). The minimum atomic E-state index is -3.19. The van der Waals surface area contributed by atoms with Crippen LogP contribution in [0.15, 0.2) is 18.2 Å². The van der Waals surface area contributed by atoms with Crippen LogP contribution in [0.5, 0.6) is 0 Å². The summed E-state index contributed by atoms with van der Waals surface area (Å²) >= 11 is 17.2. The number of carbonyl (C=O) groups is 1. The standard InChI is InChI=1S/C13H8Cl3F4N3O/c14-5-2-1-3-6(15)9(5)21-7(24)4-23-11(13(19)20)8(16)10(22-23)12(17)18/h1-3,12-13H,4H2,(H,21,24). The number of hydrogen-bond acceptors (Lipinski definition) is 2. The van der Waals surface area contributed by atoms with E-state index in [0.717, 1.165) is 0 Å². The highest BCUT2D eigenvalue weighted by Gasteiger charge is 2.28. The van der Waals surface area contributed by atoms with E-state index in [-0.39, 0.29) is 15.7 Å². The Morgan fingerprint density at radius 1 is 1.12 bits per heavy atom. The second-order valence-electron chi connectivity index (χ2n) is 4.49. The van der Waals surface area contributed by atoms with Gasteiger partial charge < -0.3 is 5.32 Å². The van der Waals surface area contributed by atoms with Crippen LogP contribution in [0.25, 0.3) is 0 Å². The first-order chi connectivity index (χ1) is 11.2. The van der Waals surface area contributed by atoms with Crippen LogP contribution in [0.1, 0.15) is 24.2 Å². The third-order valence-electron chi connectivity index (χ3n) is 2.89. The topological polar surface area (TPSA) is 46.9 Å². The molecule has 1 aromatic heterocycles. The van der Waals surface area contributed by atoms with Crippen molar-refractivity contribution in [2.75, 3.05) is 5.32 Å². The molecule has 2 aromatic rings. The number of aromatic nitrogens is 2. The smallest absolute Gasteiger partial charge is 0.283 e. The first-order valence-electron chi connectivity index (χ1n) is 6.28. The third-order valence-corrected chi connectivity index (χ3v) is 3.91. The van der Waals surface area contributed by atoms with E-state index in [1.165, 1.54) is 18.2 Å². The monoisotopic (exact) mass is 403 g/mol. The van der Waals surface area contributed by atoms with E-state index in [2.05, 4.69) is 10.4 Å². The van der Waals surface area contributed by atoms with Gasteiger partial charge >= 0.3 is 0 Å². The average Bonchev–Trinajstić information content (AvgIpc) is 2.79. The maximum atomic E-state index is 13.0. The zero-order chi connectivity index (χ0) is 18.0. The Bertz CT molecular complexity index is 747. The van der Waals surface area contributed by atoms with Crippen molar-refractivity contribution in [3.8, 4) is 0 Å². The van der Waals surface area contributed by atoms with Crippen LogP contribution >= 0.6 is 34.8 Å². The molecule has 24 heavy (non-hydrogen) atoms. The van der Waals surface area contributed by atoms with Crippen molar-refractivity contribution in [1.29, 1.82) is 0 Å². The number of anilines is 1. The molecule has 0 saturated heterocycles. The van der Waals surface area contributed by atoms with Crippen molar-refractivity contribution < 1.29 is 22.4 Å². The van der Waals surface area contributed by atoms with Crippen LogP contribution in [-0.2, 0) is 11.3 Å². The van der Waals surface area contributed by atoms with Gasteiger partial charge in [0, 0.05) is 0 Å². The summed E-state index contributed by atoms with van der Waals surface area (Å²) in [5.41, 5.74) is -1.92. The van der Waals surface area contributed by atoms with Crippen molar-refractivity contribution >= 4 is 46.4 Å². The Morgan fingerprint density at radius 2 is 1.71 bits per heavy atom. The number of carbonyl (C=O) groups excluding carboxylic acids is 1. The number of rotatable bonds is 5. The molecule has 0 atom stereocenters. The zero-order valence-corrected chi connectivity index (χ0v) is 13.8. The van der Waals surface area contributed by atoms with Crippen LogP contribution in [0, 0.1) is 0 Å². The Morgan fingerprint density at radius 3 is 2.21 bits per heavy atom. The van der Waals surface area contributed by atoms with Crippen molar-refractivity contribution in [3.63, 3.8) is 0 Å². The van der Waals surface area contributed by atoms with Gasteiger partial charge in [0.1, 0.15) is 17.9 Å². The first-order valence-corrected chi connectivity index (χ1v) is 7.42. The van der Waals surface area contributed by atoms with Gasteiger partial charge in [-0.3, -0.25) is 9.48 Å². The van der Waals surface area contributed by atoms with Crippen molar-refractivity contribution in [3.05, 3.63) is 44.7 Å². The Labute approximate surface area is 148 Å². The second kappa shape index (κ2) is 7.58. The lowest BCUT2D eigenvalue weighted by atomic mass is 10.3. The molecule has 0 unspecified atom stereocenters. The Balaban J connectivity index is 2.27. The summed E-state index contributed by atoms with van der Waals surface area (Å²) in [4.78, 5) is 12.0. The number of nitrogens with zero attached hydrogens (tertiary/aromatic N) is 2. The maximum Gasteiger partial charge on any atom is 0.283 e. The van der Waals surface area contributed by atoms with Crippen LogP contribution in [0.4, 0.5) is 23.2 Å². The molecule has 11 heteroatoms. The first kappa shape index (κ1) is 18.8. The fraction of sp³-hybridized carbons (Fsp3) is 0.231. The molecule has 0 bridgehead atoms. The summed E-state index contributed by atoms with van der Waals surface area (Å²) in [5.74, 6) is -0.841. The number of benzene rings is 1. The minimum Gasteiger partial charge on any atom is -0.322 e. The highest BCUT2D eigenvalue weighted by Crippen LogP contribution is 2.35. The number of alkyl halides is 4. The summed E-state index contributed by atoms with van der Waals surface area (Å²) in [5, 5.41) is 4.97. The fourth-order valence-electron chi connectivity index (χ4n) is 1.87. The fourth-order valence-corrected chi connectivity index (χ4v) is 2.67. The molecule has 1 heterocycles. The van der Waals surface area contributed by atoms with Gasteiger partial charge in [0.25, 0.3) is 12.9 Å². The highest BCUT2D eigenvalue weighted by atomic mass is 35.5. The molecule has 0 radical (unpaired) electrons. The summed E-state index contributed by atoms with van der Waals surface area (Å²) in [6.07, 6.45) is -6.34.